The van der Waals surface area contributed by atoms with Crippen LogP contribution in [0.5, 0.6) is 5.75 Å². The Kier molecular flexibility index (Phi) is 8.50. The van der Waals surface area contributed by atoms with Crippen molar-refractivity contribution in [3.05, 3.63) is 60.5 Å². The molecule has 12 heteroatoms. The molecule has 2 aromatic carbocycles. The van der Waals surface area contributed by atoms with Crippen molar-refractivity contribution < 1.29 is 18.8 Å². The van der Waals surface area contributed by atoms with Gasteiger partial charge in [-0.05, 0) is 24.3 Å². The number of aromatic nitrogens is 3. The number of thiazole rings is 1. The fourth-order valence-corrected chi connectivity index (χ4v) is 5.62. The Morgan fingerprint density at radius 3 is 2.61 bits per heavy atom. The Morgan fingerprint density at radius 1 is 1.10 bits per heavy atom. The van der Waals surface area contributed by atoms with Crippen LogP contribution in [0, 0.1) is 0 Å². The van der Waals surface area contributed by atoms with E-state index in [1.165, 1.54) is 0 Å². The van der Waals surface area contributed by atoms with Gasteiger partial charge in [0.25, 0.3) is 0 Å². The summed E-state index contributed by atoms with van der Waals surface area (Å²) >= 11 is 1.62. The Bertz CT molecular complexity index is 1630. The van der Waals surface area contributed by atoms with E-state index in [1.54, 1.807) is 17.4 Å². The summed E-state index contributed by atoms with van der Waals surface area (Å²) in [5, 5.41) is 9.46. The summed E-state index contributed by atoms with van der Waals surface area (Å²) in [5.74, 6) is 1.96. The van der Waals surface area contributed by atoms with E-state index in [2.05, 4.69) is 31.2 Å². The minimum atomic E-state index is -0.390. The number of urea groups is 1. The van der Waals surface area contributed by atoms with Crippen molar-refractivity contribution in [2.24, 2.45) is 0 Å². The van der Waals surface area contributed by atoms with Gasteiger partial charge in [-0.25, -0.2) is 9.78 Å². The summed E-state index contributed by atoms with van der Waals surface area (Å²) in [7, 11) is 0. The zero-order valence-corrected chi connectivity index (χ0v) is 24.8. The Balaban J connectivity index is 0.00000337. The first-order valence-electron chi connectivity index (χ1n) is 13.3. The Labute approximate surface area is 248 Å². The van der Waals surface area contributed by atoms with E-state index in [0.717, 1.165) is 65.0 Å². The number of fused-ring (bicyclic) bond motifs is 3. The van der Waals surface area contributed by atoms with Crippen molar-refractivity contribution in [3.63, 3.8) is 0 Å². The van der Waals surface area contributed by atoms with Crippen molar-refractivity contribution in [3.8, 4) is 17.0 Å². The van der Waals surface area contributed by atoms with Crippen LogP contribution in [0.4, 0.5) is 16.3 Å². The molecule has 0 unspecified atom stereocenters. The summed E-state index contributed by atoms with van der Waals surface area (Å²) in [6, 6.07) is 15.1. The monoisotopic (exact) mass is 596 g/mol. The number of carbonyl (C=O) groups excluding carboxylic acids is 1. The van der Waals surface area contributed by atoms with Crippen LogP contribution in [-0.2, 0) is 10.2 Å². The summed E-state index contributed by atoms with van der Waals surface area (Å²) < 4.78 is 20.1. The second-order valence-electron chi connectivity index (χ2n) is 10.8. The first-order chi connectivity index (χ1) is 19.3. The maximum Gasteiger partial charge on any atom is 0.324 e. The van der Waals surface area contributed by atoms with Crippen LogP contribution in [0.2, 0.25) is 0 Å². The van der Waals surface area contributed by atoms with Crippen molar-refractivity contribution >= 4 is 56.5 Å². The van der Waals surface area contributed by atoms with Crippen LogP contribution in [0.1, 0.15) is 26.5 Å². The van der Waals surface area contributed by atoms with Crippen molar-refractivity contribution in [2.75, 3.05) is 50.1 Å². The van der Waals surface area contributed by atoms with Gasteiger partial charge in [0.2, 0.25) is 0 Å². The van der Waals surface area contributed by atoms with Gasteiger partial charge in [-0.1, -0.05) is 55.5 Å². The summed E-state index contributed by atoms with van der Waals surface area (Å²) in [6.45, 7) is 11.1. The highest BCUT2D eigenvalue weighted by atomic mass is 35.5. The molecule has 216 valence electrons. The molecule has 6 rings (SSSR count). The van der Waals surface area contributed by atoms with E-state index in [4.69, 9.17) is 19.0 Å². The number of anilines is 2. The van der Waals surface area contributed by atoms with Crippen molar-refractivity contribution in [1.82, 2.24) is 19.4 Å². The highest BCUT2D eigenvalue weighted by Crippen LogP contribution is 2.35. The van der Waals surface area contributed by atoms with E-state index in [-0.39, 0.29) is 17.8 Å². The molecule has 1 aliphatic rings. The predicted molar refractivity (Wildman–Crippen MR) is 164 cm³/mol. The third-order valence-corrected chi connectivity index (χ3v) is 7.87. The molecule has 0 bridgehead atoms. The van der Waals surface area contributed by atoms with Gasteiger partial charge < -0.3 is 19.3 Å². The third-order valence-electron chi connectivity index (χ3n) is 6.78. The molecule has 1 aliphatic heterocycles. The number of amides is 2. The number of hydrogen-bond acceptors (Lipinski definition) is 8. The first-order valence-corrected chi connectivity index (χ1v) is 14.1. The molecule has 3 aromatic heterocycles. The number of halogens is 1. The lowest BCUT2D eigenvalue weighted by atomic mass is 9.93. The molecule has 2 amide bonds. The maximum absolute atomic E-state index is 12.4. The molecule has 1 fully saturated rings. The quantitative estimate of drug-likeness (QED) is 0.228. The van der Waals surface area contributed by atoms with Gasteiger partial charge in [-0.15, -0.1) is 12.4 Å². The number of morpholine rings is 1. The van der Waals surface area contributed by atoms with Crippen molar-refractivity contribution in [2.45, 2.75) is 26.2 Å². The lowest BCUT2D eigenvalue weighted by Gasteiger charge is -2.26. The molecule has 5 aromatic rings. The molecule has 0 atom stereocenters. The average Bonchev–Trinajstić information content (AvgIpc) is 3.65. The number of carbonyl (C=O) groups is 1. The van der Waals surface area contributed by atoms with Gasteiger partial charge in [0.15, 0.2) is 10.8 Å². The number of nitrogens with zero attached hydrogens (tertiary/aromatic N) is 4. The van der Waals surface area contributed by atoms with E-state index in [1.807, 2.05) is 63.4 Å². The number of rotatable bonds is 7. The average molecular weight is 597 g/mol. The van der Waals surface area contributed by atoms with Crippen LogP contribution in [0.3, 0.4) is 0 Å². The fraction of sp³-hybridized carbons (Fsp3) is 0.345. The fourth-order valence-electron chi connectivity index (χ4n) is 4.55. The van der Waals surface area contributed by atoms with Gasteiger partial charge in [0.05, 0.1) is 29.1 Å². The highest BCUT2D eigenvalue weighted by molar-refractivity contribution is 7.24. The zero-order valence-electron chi connectivity index (χ0n) is 23.2. The van der Waals surface area contributed by atoms with Crippen LogP contribution in [-0.4, -0.2) is 64.9 Å². The summed E-state index contributed by atoms with van der Waals surface area (Å²) in [5.41, 5.74) is 3.36. The van der Waals surface area contributed by atoms with E-state index < -0.39 is 6.03 Å². The molecule has 0 aliphatic carbocycles. The molecule has 0 spiro atoms. The Hall–Kier alpha value is -3.64. The molecule has 41 heavy (non-hydrogen) atoms. The van der Waals surface area contributed by atoms with Crippen LogP contribution < -0.4 is 15.4 Å². The van der Waals surface area contributed by atoms with Gasteiger partial charge in [-0.2, -0.15) is 0 Å². The molecule has 0 radical (unpaired) electrons. The van der Waals surface area contributed by atoms with Crippen LogP contribution >= 0.6 is 23.7 Å². The maximum atomic E-state index is 12.4. The number of ether oxygens (including phenoxy) is 2. The van der Waals surface area contributed by atoms with E-state index in [9.17, 15) is 4.79 Å². The second-order valence-corrected chi connectivity index (χ2v) is 11.7. The van der Waals surface area contributed by atoms with Crippen molar-refractivity contribution in [1.29, 1.82) is 0 Å². The van der Waals surface area contributed by atoms with Gasteiger partial charge in [0, 0.05) is 48.6 Å². The minimum Gasteiger partial charge on any atom is -0.491 e. The standard InChI is InChI=1S/C29H32N6O4S.ClH/c1-29(2,3)24-17-25(33-39-24)32-27(36)30-20-9-7-19(8-10-20)21-18-35-22-5-4-6-23(26(22)40-28(35)31-21)38-16-13-34-11-14-37-15-12-34;/h4-10,17-18H,11-16H2,1-3H3,(H2,30,32,33,36);1H. The Morgan fingerprint density at radius 2 is 1.88 bits per heavy atom. The number of imidazole rings is 1. The smallest absolute Gasteiger partial charge is 0.324 e. The largest absolute Gasteiger partial charge is 0.491 e. The van der Waals surface area contributed by atoms with Gasteiger partial charge in [-0.3, -0.25) is 14.6 Å². The predicted octanol–water partition coefficient (Wildman–Crippen LogP) is 6.28. The number of hydrogen-bond donors (Lipinski definition) is 2. The lowest BCUT2D eigenvalue weighted by molar-refractivity contribution is 0.0323. The van der Waals surface area contributed by atoms with E-state index >= 15 is 0 Å². The molecule has 2 N–H and O–H groups in total. The number of nitrogens with one attached hydrogen (secondary N) is 2. The minimum absolute atomic E-state index is 0. The second kappa shape index (κ2) is 12.1. The molecular weight excluding hydrogens is 564 g/mol. The normalized spacial score (nSPS) is 14.2. The zero-order chi connectivity index (χ0) is 27.7. The topological polar surface area (TPSA) is 106 Å². The van der Waals surface area contributed by atoms with E-state index in [0.29, 0.717) is 23.9 Å². The molecule has 0 saturated carbocycles. The highest BCUT2D eigenvalue weighted by Gasteiger charge is 2.20. The molecule has 4 heterocycles. The van der Waals surface area contributed by atoms with Crippen LogP contribution in [0.25, 0.3) is 26.4 Å². The SMILES string of the molecule is CC(C)(C)c1cc(NC(=O)Nc2ccc(-c3cn4c(n3)sc3c(OCCN5CCOCC5)cccc34)cc2)no1.Cl. The summed E-state index contributed by atoms with van der Waals surface area (Å²) in [4.78, 5) is 20.6. The lowest BCUT2D eigenvalue weighted by Crippen LogP contribution is -2.38. The molecule has 10 nitrogen and oxygen atoms in total. The molecule has 1 saturated heterocycles. The number of benzene rings is 2. The molecular formula is C29H33ClN6O4S. The third kappa shape index (κ3) is 6.48. The summed E-state index contributed by atoms with van der Waals surface area (Å²) in [6.07, 6.45) is 2.04. The van der Waals surface area contributed by atoms with Gasteiger partial charge >= 0.3 is 6.03 Å². The first kappa shape index (κ1) is 28.9. The van der Waals surface area contributed by atoms with Crippen LogP contribution in [0.15, 0.2) is 59.3 Å². The van der Waals surface area contributed by atoms with Gasteiger partial charge in [0.1, 0.15) is 18.1 Å².